The second-order valence-corrected chi connectivity index (χ2v) is 6.07. The third-order valence-electron chi connectivity index (χ3n) is 4.15. The zero-order valence-electron chi connectivity index (χ0n) is 15.3. The fraction of sp³-hybridized carbons (Fsp3) is 0.143. The van der Waals surface area contributed by atoms with Gasteiger partial charge in [-0.3, -0.25) is 9.59 Å². The smallest absolute Gasteiger partial charge is 0.291 e. The topological polar surface area (TPSA) is 80.6 Å². The molecule has 0 spiro atoms. The highest BCUT2D eigenvalue weighted by atomic mass is 16.5. The number of carbonyl (C=O) groups is 2. The van der Waals surface area contributed by atoms with Crippen molar-refractivity contribution in [3.63, 3.8) is 0 Å². The van der Waals surface area contributed by atoms with Crippen LogP contribution in [0.3, 0.4) is 0 Å². The lowest BCUT2D eigenvalue weighted by molar-refractivity contribution is 0.0994. The monoisotopic (exact) mass is 364 g/mol. The van der Waals surface area contributed by atoms with Gasteiger partial charge in [0, 0.05) is 11.4 Å². The van der Waals surface area contributed by atoms with Crippen molar-refractivity contribution < 1.29 is 18.7 Å². The van der Waals surface area contributed by atoms with Crippen molar-refractivity contribution in [2.75, 3.05) is 17.7 Å². The lowest BCUT2D eigenvalue weighted by Crippen LogP contribution is -2.15. The van der Waals surface area contributed by atoms with Gasteiger partial charge < -0.3 is 19.8 Å². The van der Waals surface area contributed by atoms with E-state index in [1.54, 1.807) is 36.4 Å². The first-order chi connectivity index (χ1) is 13.0. The number of benzene rings is 2. The molecule has 138 valence electrons. The fourth-order valence-electron chi connectivity index (χ4n) is 2.73. The minimum atomic E-state index is -0.360. The summed E-state index contributed by atoms with van der Waals surface area (Å²) < 4.78 is 10.4. The molecule has 2 amide bonds. The van der Waals surface area contributed by atoms with E-state index in [1.807, 2.05) is 26.0 Å². The van der Waals surface area contributed by atoms with Crippen LogP contribution in [0.2, 0.25) is 0 Å². The van der Waals surface area contributed by atoms with Crippen LogP contribution in [0.15, 0.2) is 59.2 Å². The number of carbonyl (C=O) groups excluding carboxylic acids is 2. The van der Waals surface area contributed by atoms with Crippen molar-refractivity contribution in [3.05, 3.63) is 77.2 Å². The summed E-state index contributed by atoms with van der Waals surface area (Å²) in [6.45, 7) is 3.76. The molecule has 0 bridgehead atoms. The number of nitrogens with one attached hydrogen (secondary N) is 2. The molecule has 0 saturated heterocycles. The predicted molar refractivity (Wildman–Crippen MR) is 104 cm³/mol. The third kappa shape index (κ3) is 4.00. The summed E-state index contributed by atoms with van der Waals surface area (Å²) in [5.41, 5.74) is 3.34. The summed E-state index contributed by atoms with van der Waals surface area (Å²) in [6.07, 6.45) is 1.44. The number of ether oxygens (including phenoxy) is 1. The average molecular weight is 364 g/mol. The molecule has 0 radical (unpaired) electrons. The molecule has 2 N–H and O–H groups in total. The molecule has 0 aliphatic rings. The van der Waals surface area contributed by atoms with Gasteiger partial charge in [-0.15, -0.1) is 0 Å². The summed E-state index contributed by atoms with van der Waals surface area (Å²) >= 11 is 0. The van der Waals surface area contributed by atoms with Gasteiger partial charge in [0.1, 0.15) is 5.75 Å². The Bertz CT molecular complexity index is 978. The predicted octanol–water partition coefficient (Wildman–Crippen LogP) is 4.41. The van der Waals surface area contributed by atoms with Crippen LogP contribution in [-0.2, 0) is 0 Å². The molecule has 0 saturated carbocycles. The normalized spacial score (nSPS) is 10.3. The van der Waals surface area contributed by atoms with Crippen LogP contribution >= 0.6 is 0 Å². The molecule has 6 nitrogen and oxygen atoms in total. The van der Waals surface area contributed by atoms with E-state index in [2.05, 4.69) is 10.6 Å². The van der Waals surface area contributed by atoms with Gasteiger partial charge in [-0.2, -0.15) is 0 Å². The number of hydrogen-bond acceptors (Lipinski definition) is 4. The first-order valence-corrected chi connectivity index (χ1v) is 8.40. The van der Waals surface area contributed by atoms with Crippen molar-refractivity contribution >= 4 is 23.2 Å². The summed E-state index contributed by atoms with van der Waals surface area (Å²) in [7, 11) is 1.54. The van der Waals surface area contributed by atoms with Crippen LogP contribution in [0.1, 0.15) is 32.0 Å². The molecular weight excluding hydrogens is 344 g/mol. The number of anilines is 2. The van der Waals surface area contributed by atoms with E-state index in [4.69, 9.17) is 9.15 Å². The van der Waals surface area contributed by atoms with Gasteiger partial charge >= 0.3 is 0 Å². The molecular formula is C21H20N2O4. The van der Waals surface area contributed by atoms with E-state index in [1.165, 1.54) is 13.4 Å². The highest BCUT2D eigenvalue weighted by molar-refractivity contribution is 6.07. The van der Waals surface area contributed by atoms with Gasteiger partial charge in [0.15, 0.2) is 5.76 Å². The second-order valence-electron chi connectivity index (χ2n) is 6.07. The molecule has 1 aromatic heterocycles. The molecule has 0 aliphatic carbocycles. The summed E-state index contributed by atoms with van der Waals surface area (Å²) in [6, 6.07) is 13.9. The molecule has 0 atom stereocenters. The number of amides is 2. The van der Waals surface area contributed by atoms with Crippen molar-refractivity contribution in [3.8, 4) is 5.75 Å². The number of aryl methyl sites for hydroxylation is 2. The van der Waals surface area contributed by atoms with Crippen LogP contribution in [0, 0.1) is 13.8 Å². The first-order valence-electron chi connectivity index (χ1n) is 8.40. The van der Waals surface area contributed by atoms with Gasteiger partial charge in [0.25, 0.3) is 11.8 Å². The Labute approximate surface area is 157 Å². The van der Waals surface area contributed by atoms with Crippen molar-refractivity contribution in [2.24, 2.45) is 0 Å². The van der Waals surface area contributed by atoms with Gasteiger partial charge in [-0.05, 0) is 55.3 Å². The number of methoxy groups -OCH3 is 1. The Morgan fingerprint density at radius 3 is 2.44 bits per heavy atom. The second kappa shape index (κ2) is 7.78. The number of furan rings is 1. The molecule has 0 fully saturated rings. The zero-order valence-corrected chi connectivity index (χ0v) is 15.3. The van der Waals surface area contributed by atoms with E-state index in [-0.39, 0.29) is 17.6 Å². The van der Waals surface area contributed by atoms with Gasteiger partial charge in [-0.1, -0.05) is 18.2 Å². The fourth-order valence-corrected chi connectivity index (χ4v) is 2.73. The first kappa shape index (κ1) is 18.3. The van der Waals surface area contributed by atoms with Crippen LogP contribution in [0.25, 0.3) is 0 Å². The molecule has 6 heteroatoms. The maximum atomic E-state index is 12.7. The Morgan fingerprint density at radius 1 is 0.926 bits per heavy atom. The van der Waals surface area contributed by atoms with Gasteiger partial charge in [0.2, 0.25) is 0 Å². The Kier molecular flexibility index (Phi) is 5.26. The summed E-state index contributed by atoms with van der Waals surface area (Å²) in [4.78, 5) is 24.9. The Hall–Kier alpha value is -3.54. The Morgan fingerprint density at radius 2 is 1.74 bits per heavy atom. The Balaban J connectivity index is 1.82. The highest BCUT2D eigenvalue weighted by Crippen LogP contribution is 2.26. The maximum Gasteiger partial charge on any atom is 0.291 e. The van der Waals surface area contributed by atoms with Crippen LogP contribution in [-0.4, -0.2) is 18.9 Å². The molecule has 2 aromatic carbocycles. The van der Waals surface area contributed by atoms with Crippen LogP contribution < -0.4 is 15.4 Å². The van der Waals surface area contributed by atoms with E-state index < -0.39 is 0 Å². The highest BCUT2D eigenvalue weighted by Gasteiger charge is 2.16. The number of rotatable bonds is 5. The lowest BCUT2D eigenvalue weighted by Gasteiger charge is -2.14. The SMILES string of the molecule is COc1c(C)cccc1C(=O)Nc1cc(NC(=O)c2ccco2)ccc1C. The molecule has 1 heterocycles. The number of para-hydroxylation sites is 1. The van der Waals surface area contributed by atoms with Crippen molar-refractivity contribution in [1.82, 2.24) is 0 Å². The lowest BCUT2D eigenvalue weighted by atomic mass is 10.1. The van der Waals surface area contributed by atoms with E-state index in [0.717, 1.165) is 11.1 Å². The van der Waals surface area contributed by atoms with Crippen LogP contribution in [0.5, 0.6) is 5.75 Å². The van der Waals surface area contributed by atoms with Crippen molar-refractivity contribution in [1.29, 1.82) is 0 Å². The molecule has 3 rings (SSSR count). The quantitative estimate of drug-likeness (QED) is 0.703. The molecule has 0 unspecified atom stereocenters. The van der Waals surface area contributed by atoms with E-state index in [0.29, 0.717) is 22.7 Å². The van der Waals surface area contributed by atoms with E-state index in [9.17, 15) is 9.59 Å². The number of hydrogen-bond donors (Lipinski definition) is 2. The minimum absolute atomic E-state index is 0.214. The van der Waals surface area contributed by atoms with Gasteiger partial charge in [-0.25, -0.2) is 0 Å². The third-order valence-corrected chi connectivity index (χ3v) is 4.15. The van der Waals surface area contributed by atoms with E-state index >= 15 is 0 Å². The summed E-state index contributed by atoms with van der Waals surface area (Å²) in [5.74, 6) is 0.107. The molecule has 0 aliphatic heterocycles. The van der Waals surface area contributed by atoms with Gasteiger partial charge in [0.05, 0.1) is 18.9 Å². The van der Waals surface area contributed by atoms with Crippen molar-refractivity contribution in [2.45, 2.75) is 13.8 Å². The zero-order chi connectivity index (χ0) is 19.4. The maximum absolute atomic E-state index is 12.7. The standard InChI is InChI=1S/C21H20N2O4/c1-13-9-10-15(22-21(25)18-8-5-11-27-18)12-17(13)23-20(24)16-7-4-6-14(2)19(16)26-3/h4-12H,1-3H3,(H,22,25)(H,23,24). The average Bonchev–Trinajstić information content (AvgIpc) is 3.19. The molecule has 27 heavy (non-hydrogen) atoms. The summed E-state index contributed by atoms with van der Waals surface area (Å²) in [5, 5.41) is 5.63. The minimum Gasteiger partial charge on any atom is -0.496 e. The molecule has 3 aromatic rings. The largest absolute Gasteiger partial charge is 0.496 e. The van der Waals surface area contributed by atoms with Crippen LogP contribution in [0.4, 0.5) is 11.4 Å².